The average Bonchev–Trinajstić information content (AvgIpc) is 2.68. The van der Waals surface area contributed by atoms with Crippen LogP contribution in [0.3, 0.4) is 0 Å². The SMILES string of the molecule is CCCO[C@]1(C(=O)Nc2ccc(OCC)c(C(=O)OCC)c2)CCC[C@@H](C)C1. The van der Waals surface area contributed by atoms with Gasteiger partial charge in [-0.2, -0.15) is 0 Å². The molecule has 1 fully saturated rings. The van der Waals surface area contributed by atoms with Gasteiger partial charge in [-0.15, -0.1) is 0 Å². The normalized spacial score (nSPS) is 21.8. The highest BCUT2D eigenvalue weighted by molar-refractivity contribution is 5.99. The van der Waals surface area contributed by atoms with E-state index in [1.807, 2.05) is 13.8 Å². The van der Waals surface area contributed by atoms with Gasteiger partial charge in [0.05, 0.1) is 13.2 Å². The molecule has 0 saturated heterocycles. The van der Waals surface area contributed by atoms with Gasteiger partial charge in [-0.25, -0.2) is 4.79 Å². The Kier molecular flexibility index (Phi) is 8.30. The second kappa shape index (κ2) is 10.5. The summed E-state index contributed by atoms with van der Waals surface area (Å²) in [6.45, 7) is 9.06. The van der Waals surface area contributed by atoms with Crippen LogP contribution in [0.2, 0.25) is 0 Å². The van der Waals surface area contributed by atoms with E-state index in [1.54, 1.807) is 25.1 Å². The lowest BCUT2D eigenvalue weighted by Gasteiger charge is -2.38. The first-order valence-electron chi connectivity index (χ1n) is 10.3. The van der Waals surface area contributed by atoms with E-state index >= 15 is 0 Å². The highest BCUT2D eigenvalue weighted by Crippen LogP contribution is 2.36. The Morgan fingerprint density at radius 1 is 1.21 bits per heavy atom. The van der Waals surface area contributed by atoms with E-state index in [-0.39, 0.29) is 12.5 Å². The molecule has 1 aliphatic carbocycles. The standard InChI is InChI=1S/C22H33NO5/c1-5-13-28-22(12-8-9-16(4)15-22)21(25)23-17-10-11-19(26-6-2)18(14-17)20(24)27-7-3/h10-11,14,16H,5-9,12-13,15H2,1-4H3,(H,23,25)/t16-,22-/m1/s1. The fourth-order valence-electron chi connectivity index (χ4n) is 3.71. The van der Waals surface area contributed by atoms with Crippen molar-refractivity contribution in [3.63, 3.8) is 0 Å². The lowest BCUT2D eigenvalue weighted by atomic mass is 9.78. The van der Waals surface area contributed by atoms with Crippen molar-refractivity contribution in [2.45, 2.75) is 65.4 Å². The molecule has 0 aliphatic heterocycles. The fraction of sp³-hybridized carbons (Fsp3) is 0.636. The van der Waals surface area contributed by atoms with E-state index in [0.29, 0.717) is 49.0 Å². The Hall–Kier alpha value is -2.08. The predicted octanol–water partition coefficient (Wildman–Crippen LogP) is 4.58. The highest BCUT2D eigenvalue weighted by Gasteiger charge is 2.42. The third-order valence-electron chi connectivity index (χ3n) is 4.98. The van der Waals surface area contributed by atoms with E-state index in [9.17, 15) is 9.59 Å². The summed E-state index contributed by atoms with van der Waals surface area (Å²) in [4.78, 5) is 25.5. The molecule has 1 saturated carbocycles. The van der Waals surface area contributed by atoms with Crippen LogP contribution in [-0.4, -0.2) is 37.3 Å². The van der Waals surface area contributed by atoms with Gasteiger partial charge in [0, 0.05) is 12.3 Å². The Balaban J connectivity index is 2.25. The molecule has 1 amide bonds. The second-order valence-corrected chi connectivity index (χ2v) is 7.36. The van der Waals surface area contributed by atoms with Crippen LogP contribution in [0.4, 0.5) is 5.69 Å². The number of ether oxygens (including phenoxy) is 3. The number of hydrogen-bond acceptors (Lipinski definition) is 5. The first kappa shape index (κ1) is 22.2. The zero-order chi connectivity index (χ0) is 20.6. The molecule has 1 aromatic rings. The van der Waals surface area contributed by atoms with E-state index in [0.717, 1.165) is 19.3 Å². The van der Waals surface area contributed by atoms with Crippen molar-refractivity contribution in [1.82, 2.24) is 0 Å². The van der Waals surface area contributed by atoms with Gasteiger partial charge in [0.25, 0.3) is 5.91 Å². The van der Waals surface area contributed by atoms with Gasteiger partial charge >= 0.3 is 5.97 Å². The molecule has 0 aromatic heterocycles. The third kappa shape index (κ3) is 5.47. The summed E-state index contributed by atoms with van der Waals surface area (Å²) in [7, 11) is 0. The van der Waals surface area contributed by atoms with Gasteiger partial charge in [0.15, 0.2) is 0 Å². The zero-order valence-corrected chi connectivity index (χ0v) is 17.5. The molecule has 2 atom stereocenters. The molecular weight excluding hydrogens is 358 g/mol. The molecule has 6 nitrogen and oxygen atoms in total. The van der Waals surface area contributed by atoms with Crippen LogP contribution in [0.1, 0.15) is 70.2 Å². The summed E-state index contributed by atoms with van der Waals surface area (Å²) in [5.74, 6) is 0.269. The lowest BCUT2D eigenvalue weighted by Crippen LogP contribution is -2.48. The average molecular weight is 392 g/mol. The van der Waals surface area contributed by atoms with Crippen molar-refractivity contribution in [1.29, 1.82) is 0 Å². The van der Waals surface area contributed by atoms with Crippen LogP contribution in [0.5, 0.6) is 5.75 Å². The maximum absolute atomic E-state index is 13.2. The molecule has 0 unspecified atom stereocenters. The molecule has 156 valence electrons. The van der Waals surface area contributed by atoms with E-state index in [2.05, 4.69) is 12.2 Å². The van der Waals surface area contributed by atoms with Gasteiger partial charge in [-0.05, 0) is 63.6 Å². The quantitative estimate of drug-likeness (QED) is 0.624. The largest absolute Gasteiger partial charge is 0.493 e. The minimum absolute atomic E-state index is 0.147. The van der Waals surface area contributed by atoms with Gasteiger partial charge in [-0.1, -0.05) is 20.3 Å². The maximum atomic E-state index is 13.2. The number of esters is 1. The second-order valence-electron chi connectivity index (χ2n) is 7.36. The van der Waals surface area contributed by atoms with Gasteiger partial charge in [-0.3, -0.25) is 4.79 Å². The minimum Gasteiger partial charge on any atom is -0.493 e. The number of benzene rings is 1. The van der Waals surface area contributed by atoms with Crippen molar-refractivity contribution < 1.29 is 23.8 Å². The zero-order valence-electron chi connectivity index (χ0n) is 17.5. The molecule has 0 spiro atoms. The van der Waals surface area contributed by atoms with Crippen LogP contribution in [0, 0.1) is 5.92 Å². The number of nitrogens with one attached hydrogen (secondary N) is 1. The summed E-state index contributed by atoms with van der Waals surface area (Å²) in [5, 5.41) is 2.96. The summed E-state index contributed by atoms with van der Waals surface area (Å²) >= 11 is 0. The van der Waals surface area contributed by atoms with Crippen molar-refractivity contribution >= 4 is 17.6 Å². The van der Waals surface area contributed by atoms with Crippen LogP contribution < -0.4 is 10.1 Å². The number of carbonyl (C=O) groups is 2. The van der Waals surface area contributed by atoms with Crippen LogP contribution in [-0.2, 0) is 14.3 Å². The monoisotopic (exact) mass is 391 g/mol. The number of amides is 1. The molecule has 6 heteroatoms. The van der Waals surface area contributed by atoms with Crippen molar-refractivity contribution in [3.05, 3.63) is 23.8 Å². The first-order chi connectivity index (χ1) is 13.5. The third-order valence-corrected chi connectivity index (χ3v) is 4.98. The molecule has 1 aliphatic rings. The van der Waals surface area contributed by atoms with Crippen molar-refractivity contribution in [3.8, 4) is 5.75 Å². The molecule has 0 radical (unpaired) electrons. The molecule has 0 heterocycles. The Bertz CT molecular complexity index is 675. The maximum Gasteiger partial charge on any atom is 0.341 e. The van der Waals surface area contributed by atoms with Crippen LogP contribution in [0.25, 0.3) is 0 Å². The smallest absolute Gasteiger partial charge is 0.341 e. The molecule has 2 rings (SSSR count). The molecule has 1 aromatic carbocycles. The Morgan fingerprint density at radius 2 is 2.00 bits per heavy atom. The number of rotatable bonds is 9. The molecule has 28 heavy (non-hydrogen) atoms. The summed E-state index contributed by atoms with van der Waals surface area (Å²) < 4.78 is 16.7. The fourth-order valence-corrected chi connectivity index (χ4v) is 3.71. The van der Waals surface area contributed by atoms with Gasteiger partial charge in [0.1, 0.15) is 16.9 Å². The summed E-state index contributed by atoms with van der Waals surface area (Å²) in [5.41, 5.74) is 0.0346. The topological polar surface area (TPSA) is 73.9 Å². The number of hydrogen-bond donors (Lipinski definition) is 1. The Labute approximate surface area is 167 Å². The van der Waals surface area contributed by atoms with Gasteiger partial charge in [0.2, 0.25) is 0 Å². The van der Waals surface area contributed by atoms with Crippen LogP contribution >= 0.6 is 0 Å². The number of carbonyl (C=O) groups excluding carboxylic acids is 2. The highest BCUT2D eigenvalue weighted by atomic mass is 16.5. The number of anilines is 1. The van der Waals surface area contributed by atoms with E-state index in [1.165, 1.54) is 0 Å². The first-order valence-corrected chi connectivity index (χ1v) is 10.3. The Morgan fingerprint density at radius 3 is 2.64 bits per heavy atom. The molecule has 0 bridgehead atoms. The summed E-state index contributed by atoms with van der Waals surface area (Å²) in [6, 6.07) is 5.04. The van der Waals surface area contributed by atoms with E-state index in [4.69, 9.17) is 14.2 Å². The van der Waals surface area contributed by atoms with E-state index < -0.39 is 11.6 Å². The predicted molar refractivity (Wildman–Crippen MR) is 109 cm³/mol. The lowest BCUT2D eigenvalue weighted by molar-refractivity contribution is -0.148. The molecule has 1 N–H and O–H groups in total. The minimum atomic E-state index is -0.809. The summed E-state index contributed by atoms with van der Waals surface area (Å²) in [6.07, 6.45) is 4.36. The van der Waals surface area contributed by atoms with Crippen molar-refractivity contribution in [2.75, 3.05) is 25.1 Å². The van der Waals surface area contributed by atoms with Gasteiger partial charge < -0.3 is 19.5 Å². The van der Waals surface area contributed by atoms with Crippen molar-refractivity contribution in [2.24, 2.45) is 5.92 Å². The molecular formula is C22H33NO5. The van der Waals surface area contributed by atoms with Crippen LogP contribution in [0.15, 0.2) is 18.2 Å².